The fraction of sp³-hybridized carbons (Fsp3) is 0.273. The van der Waals surface area contributed by atoms with Crippen molar-refractivity contribution in [2.45, 2.75) is 12.3 Å². The van der Waals surface area contributed by atoms with E-state index in [2.05, 4.69) is 14.8 Å². The lowest BCUT2D eigenvalue weighted by atomic mass is 10.1. The van der Waals surface area contributed by atoms with Crippen LogP contribution in [0.3, 0.4) is 0 Å². The van der Waals surface area contributed by atoms with Crippen molar-refractivity contribution in [3.63, 3.8) is 0 Å². The van der Waals surface area contributed by atoms with Crippen LogP contribution in [0.25, 0.3) is 5.82 Å². The third-order valence-electron chi connectivity index (χ3n) is 2.35. The summed E-state index contributed by atoms with van der Waals surface area (Å²) < 4.78 is 43.7. The molecule has 2 rings (SSSR count). The zero-order valence-electron chi connectivity index (χ0n) is 9.43. The fourth-order valence-electron chi connectivity index (χ4n) is 1.55. The first-order chi connectivity index (χ1) is 8.52. The number of halogens is 3. The Hall–Kier alpha value is -1.89. The highest BCUT2D eigenvalue weighted by molar-refractivity contribution is 5.26. The Balaban J connectivity index is 2.27. The molecule has 0 aliphatic carbocycles. The number of ether oxygens (including phenoxy) is 1. The molecule has 0 fully saturated rings. The van der Waals surface area contributed by atoms with Crippen molar-refractivity contribution in [3.05, 3.63) is 42.4 Å². The molecule has 0 aromatic carbocycles. The van der Waals surface area contributed by atoms with Gasteiger partial charge in [-0.05, 0) is 12.1 Å². The summed E-state index contributed by atoms with van der Waals surface area (Å²) in [6, 6.07) is 4.48. The largest absolute Gasteiger partial charge is 0.418 e. The summed E-state index contributed by atoms with van der Waals surface area (Å²) in [5.41, 5.74) is -0.0408. The van der Waals surface area contributed by atoms with E-state index in [1.807, 2.05) is 0 Å². The Morgan fingerprint density at radius 2 is 2.11 bits per heavy atom. The van der Waals surface area contributed by atoms with Gasteiger partial charge in [-0.15, -0.1) is 0 Å². The summed E-state index contributed by atoms with van der Waals surface area (Å²) in [5, 5.41) is 3.93. The Labute approximate surface area is 101 Å². The van der Waals surface area contributed by atoms with Gasteiger partial charge < -0.3 is 4.74 Å². The Morgan fingerprint density at radius 1 is 1.33 bits per heavy atom. The van der Waals surface area contributed by atoms with E-state index >= 15 is 0 Å². The number of rotatable bonds is 3. The molecule has 0 radical (unpaired) electrons. The van der Waals surface area contributed by atoms with Gasteiger partial charge in [0, 0.05) is 31.3 Å². The number of nitrogens with zero attached hydrogens (tertiary/aromatic N) is 3. The molecular formula is C11H10F3N3O. The van der Waals surface area contributed by atoms with Crippen molar-refractivity contribution in [2.24, 2.45) is 0 Å². The lowest BCUT2D eigenvalue weighted by Gasteiger charge is -2.18. The Kier molecular flexibility index (Phi) is 3.33. The molecule has 2 heterocycles. The molecule has 0 aliphatic rings. The molecule has 0 N–H and O–H groups in total. The molecule has 1 unspecified atom stereocenters. The maximum Gasteiger partial charge on any atom is 0.418 e. The van der Waals surface area contributed by atoms with E-state index in [9.17, 15) is 13.2 Å². The minimum atomic E-state index is -4.45. The van der Waals surface area contributed by atoms with Crippen LogP contribution in [0.5, 0.6) is 0 Å². The van der Waals surface area contributed by atoms with E-state index in [0.29, 0.717) is 5.82 Å². The van der Waals surface area contributed by atoms with Crippen molar-refractivity contribution < 1.29 is 17.9 Å². The van der Waals surface area contributed by atoms with Crippen LogP contribution < -0.4 is 0 Å². The van der Waals surface area contributed by atoms with Crippen molar-refractivity contribution in [2.75, 3.05) is 7.11 Å². The molecule has 7 heteroatoms. The maximum atomic E-state index is 12.6. The van der Waals surface area contributed by atoms with Gasteiger partial charge in [0.25, 0.3) is 0 Å². The molecule has 0 saturated heterocycles. The number of hydrogen-bond acceptors (Lipinski definition) is 3. The van der Waals surface area contributed by atoms with Gasteiger partial charge >= 0.3 is 6.18 Å². The zero-order chi connectivity index (χ0) is 13.2. The molecule has 2 aromatic rings. The normalized spacial score (nSPS) is 13.6. The van der Waals surface area contributed by atoms with Gasteiger partial charge in [-0.25, -0.2) is 9.67 Å². The standard InChI is InChI=1S/C11H10F3N3O/c1-18-10(11(12,13)14)8-3-4-9(15-7-8)17-6-2-5-16-17/h2-7,10H,1H3. The van der Waals surface area contributed by atoms with E-state index in [1.54, 1.807) is 18.5 Å². The van der Waals surface area contributed by atoms with Crippen LogP contribution in [0, 0.1) is 0 Å². The van der Waals surface area contributed by atoms with Gasteiger partial charge in [-0.1, -0.05) is 6.07 Å². The first-order valence-corrected chi connectivity index (χ1v) is 5.08. The SMILES string of the molecule is COC(c1ccc(-n2cccn2)nc1)C(F)(F)F. The van der Waals surface area contributed by atoms with Crippen LogP contribution in [0.2, 0.25) is 0 Å². The summed E-state index contributed by atoms with van der Waals surface area (Å²) in [5.74, 6) is 0.445. The molecule has 4 nitrogen and oxygen atoms in total. The van der Waals surface area contributed by atoms with Crippen LogP contribution in [0.4, 0.5) is 13.2 Å². The van der Waals surface area contributed by atoms with Crippen molar-refractivity contribution in [3.8, 4) is 5.82 Å². The van der Waals surface area contributed by atoms with E-state index in [4.69, 9.17) is 0 Å². The summed E-state index contributed by atoms with van der Waals surface area (Å²) in [6.07, 6.45) is -2.07. The van der Waals surface area contributed by atoms with Gasteiger partial charge in [0.05, 0.1) is 0 Å². The van der Waals surface area contributed by atoms with Crippen molar-refractivity contribution in [1.82, 2.24) is 14.8 Å². The summed E-state index contributed by atoms with van der Waals surface area (Å²) >= 11 is 0. The highest BCUT2D eigenvalue weighted by Crippen LogP contribution is 2.34. The van der Waals surface area contributed by atoms with Crippen LogP contribution >= 0.6 is 0 Å². The third-order valence-corrected chi connectivity index (χ3v) is 2.35. The average Bonchev–Trinajstić information content (AvgIpc) is 2.82. The van der Waals surface area contributed by atoms with Crippen LogP contribution in [0.1, 0.15) is 11.7 Å². The van der Waals surface area contributed by atoms with Crippen molar-refractivity contribution in [1.29, 1.82) is 0 Å². The smallest absolute Gasteiger partial charge is 0.367 e. The first kappa shape index (κ1) is 12.6. The van der Waals surface area contributed by atoms with Gasteiger partial charge in [-0.3, -0.25) is 0 Å². The minimum absolute atomic E-state index is 0.0408. The lowest BCUT2D eigenvalue weighted by Crippen LogP contribution is -2.22. The van der Waals surface area contributed by atoms with E-state index in [1.165, 1.54) is 16.8 Å². The Morgan fingerprint density at radius 3 is 2.56 bits per heavy atom. The molecule has 0 aliphatic heterocycles. The number of pyridine rings is 1. The second-order valence-corrected chi connectivity index (χ2v) is 3.56. The van der Waals surface area contributed by atoms with Crippen LogP contribution in [0.15, 0.2) is 36.8 Å². The number of hydrogen-bond donors (Lipinski definition) is 0. The molecule has 0 saturated carbocycles. The highest BCUT2D eigenvalue weighted by atomic mass is 19.4. The average molecular weight is 257 g/mol. The molecule has 0 amide bonds. The molecule has 2 aromatic heterocycles. The number of alkyl halides is 3. The number of methoxy groups -OCH3 is 1. The summed E-state index contributed by atoms with van der Waals surface area (Å²) in [4.78, 5) is 3.92. The minimum Gasteiger partial charge on any atom is -0.367 e. The van der Waals surface area contributed by atoms with Gasteiger partial charge in [0.15, 0.2) is 11.9 Å². The van der Waals surface area contributed by atoms with Gasteiger partial charge in [-0.2, -0.15) is 18.3 Å². The molecule has 96 valence electrons. The van der Waals surface area contributed by atoms with Gasteiger partial charge in [0.1, 0.15) is 0 Å². The molecule has 18 heavy (non-hydrogen) atoms. The Bertz CT molecular complexity index is 493. The highest BCUT2D eigenvalue weighted by Gasteiger charge is 2.41. The predicted molar refractivity (Wildman–Crippen MR) is 57.2 cm³/mol. The predicted octanol–water partition coefficient (Wildman–Crippen LogP) is 2.52. The quantitative estimate of drug-likeness (QED) is 0.848. The topological polar surface area (TPSA) is 39.9 Å². The summed E-state index contributed by atoms with van der Waals surface area (Å²) in [6.45, 7) is 0. The van der Waals surface area contributed by atoms with E-state index in [0.717, 1.165) is 13.3 Å². The van der Waals surface area contributed by atoms with Gasteiger partial charge in [0.2, 0.25) is 0 Å². The second-order valence-electron chi connectivity index (χ2n) is 3.56. The van der Waals surface area contributed by atoms with E-state index in [-0.39, 0.29) is 5.56 Å². The molecule has 0 bridgehead atoms. The third kappa shape index (κ3) is 2.51. The molecule has 1 atom stereocenters. The number of aromatic nitrogens is 3. The first-order valence-electron chi connectivity index (χ1n) is 5.08. The van der Waals surface area contributed by atoms with Crippen LogP contribution in [-0.4, -0.2) is 28.1 Å². The van der Waals surface area contributed by atoms with E-state index < -0.39 is 12.3 Å². The zero-order valence-corrected chi connectivity index (χ0v) is 9.43. The fourth-order valence-corrected chi connectivity index (χ4v) is 1.55. The maximum absolute atomic E-state index is 12.6. The van der Waals surface area contributed by atoms with Crippen molar-refractivity contribution >= 4 is 0 Å². The monoisotopic (exact) mass is 257 g/mol. The second kappa shape index (κ2) is 4.77. The summed E-state index contributed by atoms with van der Waals surface area (Å²) in [7, 11) is 1.01. The molecule has 0 spiro atoms. The molecular weight excluding hydrogens is 247 g/mol. The van der Waals surface area contributed by atoms with Crippen LogP contribution in [-0.2, 0) is 4.74 Å². The lowest BCUT2D eigenvalue weighted by molar-refractivity contribution is -0.216.